The quantitative estimate of drug-likeness (QED) is 0.178. The molecule has 4 saturated heterocycles. The van der Waals surface area contributed by atoms with Crippen molar-refractivity contribution >= 4 is 29.3 Å². The number of rotatable bonds is 7. The number of fused-ring (bicyclic) bond motifs is 6. The van der Waals surface area contributed by atoms with Crippen LogP contribution >= 0.6 is 0 Å². The van der Waals surface area contributed by atoms with Crippen LogP contribution in [0.3, 0.4) is 0 Å². The van der Waals surface area contributed by atoms with Crippen molar-refractivity contribution in [2.24, 2.45) is 17.3 Å². The van der Waals surface area contributed by atoms with E-state index in [0.717, 1.165) is 100 Å². The Morgan fingerprint density at radius 2 is 1.80 bits per heavy atom. The lowest BCUT2D eigenvalue weighted by Crippen LogP contribution is -2.80. The highest BCUT2D eigenvalue weighted by molar-refractivity contribution is 5.72. The van der Waals surface area contributed by atoms with Crippen molar-refractivity contribution in [2.75, 3.05) is 50.2 Å². The zero-order chi connectivity index (χ0) is 42.8. The predicted octanol–water partition coefficient (Wildman–Crippen LogP) is 3.94. The summed E-state index contributed by atoms with van der Waals surface area (Å²) in [5, 5.41) is 38.7. The Kier molecular flexibility index (Phi) is 12.6. The second kappa shape index (κ2) is 17.0. The number of aliphatic hydroxyl groups is 3. The standard InChI is InChI=1S/C26H36N2O7.C21H28N2O2.H2O/c1-6-24-8-7-10-27-11-9-25(21(24)27)19-12-15(2)18(14-29)13-20(19)28(33-5)22(25)26(32,35-17(4)31)23(24)34-16(3)30;1-2-21(25)12-15-11-16(8-10-24)20-18(7-9-23(13-15)14-21)17-5-3-4-6-19(17)22-20;/h12-13,21-23,29,32H,6-11,14H2,1-5H3;3-6,8,15-16,18,20,22,25H,2,7,9,11-14H2,1H3;1H2/t21?,22?,23-,24?,25?,26-;15?,16-,18?,20?,21?;/m11./s1. The van der Waals surface area contributed by atoms with E-state index in [1.807, 2.05) is 13.0 Å². The fraction of sp³-hybridized carbons (Fsp3) is 0.660. The monoisotopic (exact) mass is 846 g/mol. The Labute approximate surface area is 359 Å². The number of piperidine rings is 2. The van der Waals surface area contributed by atoms with Gasteiger partial charge in [-0.2, -0.15) is 0 Å². The Hall–Kier alpha value is -3.85. The summed E-state index contributed by atoms with van der Waals surface area (Å²) in [6, 6.07) is 11.9. The van der Waals surface area contributed by atoms with Crippen LogP contribution in [0.2, 0.25) is 0 Å². The minimum atomic E-state index is -2.15. The molecular formula is C47H66N4O10. The molecular weight excluding hydrogens is 781 g/mol. The van der Waals surface area contributed by atoms with E-state index < -0.39 is 46.3 Å². The van der Waals surface area contributed by atoms with Crippen molar-refractivity contribution in [2.45, 2.75) is 140 Å². The van der Waals surface area contributed by atoms with Gasteiger partial charge in [0.15, 0.2) is 6.10 Å². The molecule has 6 N–H and O–H groups in total. The van der Waals surface area contributed by atoms with E-state index in [1.165, 1.54) is 32.2 Å². The number of aryl methyl sites for hydroxylation is 1. The molecule has 5 fully saturated rings. The van der Waals surface area contributed by atoms with Gasteiger partial charge in [0, 0.05) is 73.4 Å². The van der Waals surface area contributed by atoms with Crippen molar-refractivity contribution < 1.29 is 49.5 Å². The number of para-hydroxylation sites is 1. The lowest BCUT2D eigenvalue weighted by atomic mass is 9.49. The van der Waals surface area contributed by atoms with E-state index in [1.54, 1.807) is 11.1 Å². The molecule has 6 heterocycles. The van der Waals surface area contributed by atoms with Crippen LogP contribution in [0, 0.1) is 24.2 Å². The molecule has 0 aromatic heterocycles. The van der Waals surface area contributed by atoms with Gasteiger partial charge in [-0.1, -0.05) is 38.1 Å². The maximum Gasteiger partial charge on any atom is 0.305 e. The number of nitrogens with one attached hydrogen (secondary N) is 1. The lowest BCUT2D eigenvalue weighted by molar-refractivity contribution is -0.325. The first kappa shape index (κ1) is 45.2. The summed E-state index contributed by atoms with van der Waals surface area (Å²) in [5.74, 6) is -0.271. The van der Waals surface area contributed by atoms with Crippen LogP contribution in [0.15, 0.2) is 42.5 Å². The predicted molar refractivity (Wildman–Crippen MR) is 229 cm³/mol. The highest BCUT2D eigenvalue weighted by Crippen LogP contribution is 2.68. The number of carbonyl (C=O) groups excluding carboxylic acids is 3. The van der Waals surface area contributed by atoms with Gasteiger partial charge in [0.05, 0.1) is 25.0 Å². The minimum absolute atomic E-state index is 0. The van der Waals surface area contributed by atoms with Crippen LogP contribution in [0.1, 0.15) is 107 Å². The van der Waals surface area contributed by atoms with Gasteiger partial charge < -0.3 is 40.5 Å². The number of carbonyl (C=O) groups is 2. The number of anilines is 2. The molecule has 334 valence electrons. The normalized spacial score (nSPS) is 37.8. The molecule has 14 heteroatoms. The first-order chi connectivity index (χ1) is 28.7. The Morgan fingerprint density at radius 1 is 1.03 bits per heavy atom. The average molecular weight is 847 g/mol. The van der Waals surface area contributed by atoms with Gasteiger partial charge in [0.25, 0.3) is 5.79 Å². The number of hydroxylamine groups is 1. The third-order valence-electron chi connectivity index (χ3n) is 15.7. The van der Waals surface area contributed by atoms with Gasteiger partial charge in [0.2, 0.25) is 0 Å². The Bertz CT molecular complexity index is 2030. The van der Waals surface area contributed by atoms with Crippen LogP contribution in [0.25, 0.3) is 0 Å². The molecule has 6 aliphatic heterocycles. The van der Waals surface area contributed by atoms with Crippen LogP contribution in [0.4, 0.5) is 11.4 Å². The molecule has 12 atom stereocenters. The number of ether oxygens (including phenoxy) is 2. The second-order valence-corrected chi connectivity index (χ2v) is 18.8. The SMILES string of the molecule is CCC1(O)CC2C[C@@H](C=C=O)C3Nc4ccccc4C3CCN(C2)C1.CCC12CCCN3CCC4(c5cc(C)c(CO)cc5N(OC)C4[C@@](O)(OC(C)=O)[C@@H]1OC(C)=O)C32.O. The molecule has 14 nitrogen and oxygen atoms in total. The molecule has 1 spiro atoms. The molecule has 2 bridgehead atoms. The maximum atomic E-state index is 12.5. The van der Waals surface area contributed by atoms with Gasteiger partial charge in [0.1, 0.15) is 12.0 Å². The van der Waals surface area contributed by atoms with Crippen molar-refractivity contribution in [3.63, 3.8) is 0 Å². The van der Waals surface area contributed by atoms with Crippen LogP contribution < -0.4 is 10.4 Å². The van der Waals surface area contributed by atoms with Gasteiger partial charge in [-0.15, -0.1) is 0 Å². The van der Waals surface area contributed by atoms with E-state index in [-0.39, 0.29) is 30.1 Å². The lowest BCUT2D eigenvalue weighted by Gasteiger charge is -2.64. The number of aliphatic hydroxyl groups excluding tert-OH is 1. The molecule has 7 aliphatic rings. The van der Waals surface area contributed by atoms with Gasteiger partial charge in [-0.25, -0.2) is 9.86 Å². The van der Waals surface area contributed by atoms with Gasteiger partial charge in [-0.05, 0) is 118 Å². The van der Waals surface area contributed by atoms with E-state index in [0.29, 0.717) is 18.3 Å². The summed E-state index contributed by atoms with van der Waals surface area (Å²) < 4.78 is 11.8. The Balaban J connectivity index is 0.000000191. The number of hydrogen-bond acceptors (Lipinski definition) is 13. The summed E-state index contributed by atoms with van der Waals surface area (Å²) in [6.07, 6.45) is 7.28. The van der Waals surface area contributed by atoms with Gasteiger partial charge in [-0.3, -0.25) is 19.3 Å². The second-order valence-electron chi connectivity index (χ2n) is 18.8. The molecule has 9 rings (SSSR count). The number of esters is 2. The fourth-order valence-electron chi connectivity index (χ4n) is 13.5. The van der Waals surface area contributed by atoms with E-state index in [9.17, 15) is 29.7 Å². The molecule has 9 unspecified atom stereocenters. The van der Waals surface area contributed by atoms with Crippen LogP contribution in [-0.2, 0) is 40.7 Å². The summed E-state index contributed by atoms with van der Waals surface area (Å²) in [5.41, 5.74) is 4.20. The summed E-state index contributed by atoms with van der Waals surface area (Å²) >= 11 is 0. The minimum Gasteiger partial charge on any atom is -0.455 e. The highest BCUT2D eigenvalue weighted by atomic mass is 16.7. The van der Waals surface area contributed by atoms with Crippen LogP contribution in [0.5, 0.6) is 0 Å². The molecule has 0 amide bonds. The largest absolute Gasteiger partial charge is 0.455 e. The van der Waals surface area contributed by atoms with E-state index in [4.69, 9.17) is 14.3 Å². The zero-order valence-corrected chi connectivity index (χ0v) is 36.6. The zero-order valence-electron chi connectivity index (χ0n) is 36.6. The molecule has 61 heavy (non-hydrogen) atoms. The summed E-state index contributed by atoms with van der Waals surface area (Å²) in [7, 11) is 1.52. The van der Waals surface area contributed by atoms with Crippen molar-refractivity contribution in [3.8, 4) is 0 Å². The van der Waals surface area contributed by atoms with Gasteiger partial charge >= 0.3 is 11.9 Å². The third-order valence-corrected chi connectivity index (χ3v) is 15.7. The molecule has 2 aromatic rings. The van der Waals surface area contributed by atoms with E-state index in [2.05, 4.69) is 65.2 Å². The fourth-order valence-corrected chi connectivity index (χ4v) is 13.5. The average Bonchev–Trinajstić information content (AvgIpc) is 3.89. The summed E-state index contributed by atoms with van der Waals surface area (Å²) in [4.78, 5) is 46.9. The number of hydrogen-bond donors (Lipinski definition) is 4. The number of benzene rings is 2. The first-order valence-corrected chi connectivity index (χ1v) is 22.1. The third kappa shape index (κ3) is 7.21. The molecule has 0 radical (unpaired) electrons. The maximum absolute atomic E-state index is 12.5. The van der Waals surface area contributed by atoms with Crippen molar-refractivity contribution in [1.29, 1.82) is 0 Å². The highest BCUT2D eigenvalue weighted by Gasteiger charge is 2.81. The first-order valence-electron chi connectivity index (χ1n) is 22.1. The van der Waals surface area contributed by atoms with Crippen molar-refractivity contribution in [1.82, 2.24) is 9.80 Å². The molecule has 1 aliphatic carbocycles. The molecule has 1 saturated carbocycles. The Morgan fingerprint density at radius 3 is 2.48 bits per heavy atom. The van der Waals surface area contributed by atoms with Crippen molar-refractivity contribution in [3.05, 3.63) is 64.7 Å². The number of nitrogens with zero attached hydrogens (tertiary/aromatic N) is 3. The smallest absolute Gasteiger partial charge is 0.305 e. The summed E-state index contributed by atoms with van der Waals surface area (Å²) in [6.45, 7) is 13.1. The molecule has 2 aromatic carbocycles. The topological polar surface area (TPSA) is 193 Å². The van der Waals surface area contributed by atoms with E-state index >= 15 is 0 Å². The van der Waals surface area contributed by atoms with Crippen LogP contribution in [-0.4, -0.2) is 124 Å².